The lowest BCUT2D eigenvalue weighted by Gasteiger charge is -2.29. The average Bonchev–Trinajstić information content (AvgIpc) is 3.30. The fraction of sp³-hybridized carbons (Fsp3) is 0.600. The predicted octanol–water partition coefficient (Wildman–Crippen LogP) is 3.96. The number of nitrogens with one attached hydrogen (secondary N) is 1. The smallest absolute Gasteiger partial charge is 0.223 e. The van der Waals surface area contributed by atoms with Gasteiger partial charge in [-0.2, -0.15) is 0 Å². The third-order valence-electron chi connectivity index (χ3n) is 4.50. The molecule has 2 amide bonds. The molecule has 0 aromatic heterocycles. The Morgan fingerprint density at radius 1 is 1.12 bits per heavy atom. The van der Waals surface area contributed by atoms with Crippen LogP contribution < -0.4 is 10.2 Å². The number of nitrogens with zero attached hydrogens (tertiary/aromatic N) is 1. The van der Waals surface area contributed by atoms with Gasteiger partial charge in [-0.3, -0.25) is 9.59 Å². The molecule has 1 aliphatic carbocycles. The van der Waals surface area contributed by atoms with Crippen molar-refractivity contribution in [1.82, 2.24) is 5.32 Å². The molecule has 1 aromatic carbocycles. The maximum absolute atomic E-state index is 12.3. The number of rotatable bonds is 7. The van der Waals surface area contributed by atoms with E-state index in [1.807, 2.05) is 0 Å². The highest BCUT2D eigenvalue weighted by molar-refractivity contribution is 5.94. The van der Waals surface area contributed by atoms with Crippen LogP contribution in [0.5, 0.6) is 0 Å². The summed E-state index contributed by atoms with van der Waals surface area (Å²) in [6.45, 7) is 10.6. The third-order valence-corrected chi connectivity index (χ3v) is 4.50. The van der Waals surface area contributed by atoms with Crippen LogP contribution in [0, 0.1) is 0 Å². The summed E-state index contributed by atoms with van der Waals surface area (Å²) in [6, 6.07) is 6.60. The van der Waals surface area contributed by atoms with Crippen LogP contribution in [0.25, 0.3) is 0 Å². The number of carbonyl (C=O) groups is 2. The summed E-state index contributed by atoms with van der Waals surface area (Å²) in [7, 11) is 0. The summed E-state index contributed by atoms with van der Waals surface area (Å²) in [5.74, 6) is 0.669. The molecule has 0 bridgehead atoms. The molecule has 4 nitrogen and oxygen atoms in total. The van der Waals surface area contributed by atoms with Gasteiger partial charge in [0, 0.05) is 25.9 Å². The Kier molecular flexibility index (Phi) is 6.03. The van der Waals surface area contributed by atoms with E-state index in [2.05, 4.69) is 51.2 Å². The Bertz CT molecular complexity index is 577. The fourth-order valence-electron chi connectivity index (χ4n) is 2.99. The van der Waals surface area contributed by atoms with Crippen molar-refractivity contribution in [2.45, 2.75) is 71.8 Å². The van der Waals surface area contributed by atoms with Gasteiger partial charge in [-0.15, -0.1) is 0 Å². The Hall–Kier alpha value is -1.84. The van der Waals surface area contributed by atoms with Crippen molar-refractivity contribution < 1.29 is 9.59 Å². The number of carbonyl (C=O) groups excluding carboxylic acids is 2. The van der Waals surface area contributed by atoms with Gasteiger partial charge < -0.3 is 10.2 Å². The monoisotopic (exact) mass is 330 g/mol. The van der Waals surface area contributed by atoms with Crippen molar-refractivity contribution in [3.63, 3.8) is 0 Å². The Morgan fingerprint density at radius 2 is 1.67 bits per heavy atom. The molecule has 1 aromatic rings. The van der Waals surface area contributed by atoms with Gasteiger partial charge in [-0.1, -0.05) is 45.9 Å². The van der Waals surface area contributed by atoms with Crippen LogP contribution in [0.4, 0.5) is 5.69 Å². The molecule has 24 heavy (non-hydrogen) atoms. The van der Waals surface area contributed by atoms with Crippen molar-refractivity contribution in [3.05, 3.63) is 29.3 Å². The SMILES string of the molecule is CC(=O)N(CCC(=O)NC1CC1)c1c(C(C)C)cccc1C(C)C. The average molecular weight is 330 g/mol. The molecule has 0 atom stereocenters. The zero-order valence-corrected chi connectivity index (χ0v) is 15.6. The van der Waals surface area contributed by atoms with Gasteiger partial charge >= 0.3 is 0 Å². The molecule has 0 aliphatic heterocycles. The number of anilines is 1. The number of hydrogen-bond donors (Lipinski definition) is 1. The Morgan fingerprint density at radius 3 is 2.08 bits per heavy atom. The van der Waals surface area contributed by atoms with Crippen LogP contribution in [-0.2, 0) is 9.59 Å². The molecule has 2 rings (SSSR count). The maximum Gasteiger partial charge on any atom is 0.223 e. The standard InChI is InChI=1S/C20H30N2O2/c1-13(2)17-7-6-8-18(14(3)4)20(17)22(15(5)23)12-11-19(24)21-16-9-10-16/h6-8,13-14,16H,9-12H2,1-5H3,(H,21,24). The van der Waals surface area contributed by atoms with Crippen LogP contribution in [0.15, 0.2) is 18.2 Å². The van der Waals surface area contributed by atoms with Gasteiger partial charge in [0.05, 0.1) is 5.69 Å². The maximum atomic E-state index is 12.3. The van der Waals surface area contributed by atoms with Crippen molar-refractivity contribution in [2.24, 2.45) is 0 Å². The summed E-state index contributed by atoms with van der Waals surface area (Å²) >= 11 is 0. The van der Waals surface area contributed by atoms with Crippen molar-refractivity contribution in [1.29, 1.82) is 0 Å². The molecule has 0 radical (unpaired) electrons. The zero-order valence-electron chi connectivity index (χ0n) is 15.6. The number of hydrogen-bond acceptors (Lipinski definition) is 2. The van der Waals surface area contributed by atoms with Gasteiger partial charge in [-0.05, 0) is 35.8 Å². The van der Waals surface area contributed by atoms with Gasteiger partial charge in [0.15, 0.2) is 0 Å². The highest BCUT2D eigenvalue weighted by atomic mass is 16.2. The van der Waals surface area contributed by atoms with E-state index in [-0.39, 0.29) is 11.8 Å². The molecule has 0 spiro atoms. The van der Waals surface area contributed by atoms with E-state index in [4.69, 9.17) is 0 Å². The zero-order chi connectivity index (χ0) is 17.9. The molecule has 4 heteroatoms. The normalized spacial score (nSPS) is 14.1. The molecular formula is C20H30N2O2. The Labute approximate surface area is 145 Å². The van der Waals surface area contributed by atoms with Crippen LogP contribution in [0.2, 0.25) is 0 Å². The summed E-state index contributed by atoms with van der Waals surface area (Å²) < 4.78 is 0. The number of amides is 2. The van der Waals surface area contributed by atoms with Crippen molar-refractivity contribution in [2.75, 3.05) is 11.4 Å². The lowest BCUT2D eigenvalue weighted by molar-refractivity contribution is -0.121. The first kappa shape index (κ1) is 18.5. The minimum absolute atomic E-state index is 0.00998. The third kappa shape index (κ3) is 4.59. The first-order chi connectivity index (χ1) is 11.3. The van der Waals surface area contributed by atoms with E-state index in [0.29, 0.717) is 30.8 Å². The molecule has 0 unspecified atom stereocenters. The number of para-hydroxylation sites is 1. The first-order valence-electron chi connectivity index (χ1n) is 9.01. The summed E-state index contributed by atoms with van der Waals surface area (Å²) in [5.41, 5.74) is 3.33. The molecule has 0 heterocycles. The fourth-order valence-corrected chi connectivity index (χ4v) is 2.99. The molecule has 1 aliphatic rings. The second kappa shape index (κ2) is 7.82. The molecule has 1 fully saturated rings. The number of benzene rings is 1. The highest BCUT2D eigenvalue weighted by Crippen LogP contribution is 2.35. The summed E-state index contributed by atoms with van der Waals surface area (Å²) in [6.07, 6.45) is 2.51. The van der Waals surface area contributed by atoms with E-state index in [1.54, 1.807) is 11.8 Å². The van der Waals surface area contributed by atoms with E-state index in [0.717, 1.165) is 18.5 Å². The van der Waals surface area contributed by atoms with Gasteiger partial charge in [-0.25, -0.2) is 0 Å². The molecule has 1 saturated carbocycles. The van der Waals surface area contributed by atoms with Crippen LogP contribution in [0.1, 0.15) is 76.8 Å². The van der Waals surface area contributed by atoms with Crippen LogP contribution in [-0.4, -0.2) is 24.4 Å². The molecule has 132 valence electrons. The van der Waals surface area contributed by atoms with E-state index >= 15 is 0 Å². The molecular weight excluding hydrogens is 300 g/mol. The second-order valence-corrected chi connectivity index (χ2v) is 7.36. The van der Waals surface area contributed by atoms with Gasteiger partial charge in [0.25, 0.3) is 0 Å². The minimum Gasteiger partial charge on any atom is -0.353 e. The lowest BCUT2D eigenvalue weighted by Crippen LogP contribution is -2.35. The van der Waals surface area contributed by atoms with E-state index in [1.165, 1.54) is 11.1 Å². The quantitative estimate of drug-likeness (QED) is 0.823. The van der Waals surface area contributed by atoms with Gasteiger partial charge in [0.2, 0.25) is 11.8 Å². The summed E-state index contributed by atoms with van der Waals surface area (Å²) in [5, 5.41) is 3.00. The topological polar surface area (TPSA) is 49.4 Å². The predicted molar refractivity (Wildman–Crippen MR) is 98.4 cm³/mol. The van der Waals surface area contributed by atoms with Crippen molar-refractivity contribution >= 4 is 17.5 Å². The molecule has 0 saturated heterocycles. The highest BCUT2D eigenvalue weighted by Gasteiger charge is 2.25. The Balaban J connectivity index is 2.28. The second-order valence-electron chi connectivity index (χ2n) is 7.36. The largest absolute Gasteiger partial charge is 0.353 e. The van der Waals surface area contributed by atoms with Crippen LogP contribution in [0.3, 0.4) is 0 Å². The summed E-state index contributed by atoms with van der Waals surface area (Å²) in [4.78, 5) is 26.2. The lowest BCUT2D eigenvalue weighted by atomic mass is 9.91. The van der Waals surface area contributed by atoms with Gasteiger partial charge in [0.1, 0.15) is 0 Å². The van der Waals surface area contributed by atoms with E-state index in [9.17, 15) is 9.59 Å². The van der Waals surface area contributed by atoms with Crippen LogP contribution >= 0.6 is 0 Å². The van der Waals surface area contributed by atoms with Crippen molar-refractivity contribution in [3.8, 4) is 0 Å². The first-order valence-corrected chi connectivity index (χ1v) is 9.01. The molecule has 1 N–H and O–H groups in total. The van der Waals surface area contributed by atoms with E-state index < -0.39 is 0 Å². The minimum atomic E-state index is -0.00998.